The lowest BCUT2D eigenvalue weighted by Crippen LogP contribution is -2.29. The summed E-state index contributed by atoms with van der Waals surface area (Å²) in [5.74, 6) is 0.768. The molecule has 92 valence electrons. The molecule has 0 saturated heterocycles. The Bertz CT molecular complexity index is 138. The lowest BCUT2D eigenvalue weighted by molar-refractivity contribution is 0.158. The first-order valence-electron chi connectivity index (χ1n) is 6.22. The average molecular weight is 216 g/mol. The largest absolute Gasteiger partial charge is 0.379 e. The smallest absolute Gasteiger partial charge is 0.102 e. The maximum absolute atomic E-state index is 8.97. The molecular formula is C12H28N2O. The molecule has 0 aliphatic carbocycles. The minimum Gasteiger partial charge on any atom is -0.379 e. The van der Waals surface area contributed by atoms with Gasteiger partial charge in [-0.2, -0.15) is 0 Å². The molecule has 0 fully saturated rings. The Morgan fingerprint density at radius 1 is 1.13 bits per heavy atom. The summed E-state index contributed by atoms with van der Waals surface area (Å²) in [6, 6.07) is 0. The van der Waals surface area contributed by atoms with Crippen LogP contribution in [0.15, 0.2) is 0 Å². The predicted octanol–water partition coefficient (Wildman–Crippen LogP) is 1.80. The molecule has 0 aliphatic heterocycles. The molecule has 0 saturated carbocycles. The number of aliphatic hydroxyl groups excluding tert-OH is 1. The molecule has 0 rings (SSSR count). The van der Waals surface area contributed by atoms with E-state index in [9.17, 15) is 0 Å². The third-order valence-corrected chi connectivity index (χ3v) is 2.54. The van der Waals surface area contributed by atoms with Crippen molar-refractivity contribution in [3.05, 3.63) is 0 Å². The van der Waals surface area contributed by atoms with Crippen LogP contribution in [0.4, 0.5) is 0 Å². The van der Waals surface area contributed by atoms with Crippen LogP contribution in [0.1, 0.15) is 46.5 Å². The van der Waals surface area contributed by atoms with Crippen LogP contribution < -0.4 is 5.73 Å². The molecule has 15 heavy (non-hydrogen) atoms. The van der Waals surface area contributed by atoms with Crippen LogP contribution in [-0.2, 0) is 0 Å². The molecule has 3 N–H and O–H groups in total. The summed E-state index contributed by atoms with van der Waals surface area (Å²) >= 11 is 0. The quantitative estimate of drug-likeness (QED) is 0.578. The molecule has 1 atom stereocenters. The number of rotatable bonds is 9. The Morgan fingerprint density at radius 2 is 1.80 bits per heavy atom. The average Bonchev–Trinajstić information content (AvgIpc) is 2.13. The summed E-state index contributed by atoms with van der Waals surface area (Å²) in [4.78, 5) is 2.47. The minimum absolute atomic E-state index is 0.640. The highest BCUT2D eigenvalue weighted by Gasteiger charge is 2.05. The van der Waals surface area contributed by atoms with Crippen molar-refractivity contribution < 1.29 is 5.11 Å². The second kappa shape index (κ2) is 9.13. The molecule has 0 bridgehead atoms. The molecular weight excluding hydrogens is 188 g/mol. The maximum atomic E-state index is 8.97. The van der Waals surface area contributed by atoms with Crippen LogP contribution in [0.25, 0.3) is 0 Å². The highest BCUT2D eigenvalue weighted by molar-refractivity contribution is 4.60. The molecule has 0 heterocycles. The topological polar surface area (TPSA) is 49.5 Å². The first-order chi connectivity index (χ1) is 7.06. The van der Waals surface area contributed by atoms with Crippen molar-refractivity contribution >= 4 is 0 Å². The predicted molar refractivity (Wildman–Crippen MR) is 65.6 cm³/mol. The Morgan fingerprint density at radius 3 is 2.27 bits per heavy atom. The van der Waals surface area contributed by atoms with Gasteiger partial charge in [0.25, 0.3) is 0 Å². The van der Waals surface area contributed by atoms with Crippen molar-refractivity contribution in [2.45, 2.75) is 52.7 Å². The third-order valence-electron chi connectivity index (χ3n) is 2.54. The number of nitrogens with two attached hydrogens (primary N) is 1. The van der Waals surface area contributed by atoms with Crippen molar-refractivity contribution in [1.82, 2.24) is 4.90 Å². The lowest BCUT2D eigenvalue weighted by atomic mass is 10.1. The van der Waals surface area contributed by atoms with Gasteiger partial charge in [0.1, 0.15) is 6.23 Å². The fourth-order valence-electron chi connectivity index (χ4n) is 1.62. The zero-order valence-corrected chi connectivity index (χ0v) is 10.6. The highest BCUT2D eigenvalue weighted by Crippen LogP contribution is 2.04. The number of hydrogen-bond donors (Lipinski definition) is 2. The van der Waals surface area contributed by atoms with Crippen molar-refractivity contribution in [2.24, 2.45) is 11.7 Å². The van der Waals surface area contributed by atoms with Gasteiger partial charge in [-0.25, -0.2) is 0 Å². The second-order valence-electron chi connectivity index (χ2n) is 4.73. The van der Waals surface area contributed by atoms with E-state index in [0.29, 0.717) is 6.42 Å². The summed E-state index contributed by atoms with van der Waals surface area (Å²) in [7, 11) is 0. The first kappa shape index (κ1) is 14.9. The van der Waals surface area contributed by atoms with E-state index in [1.165, 1.54) is 19.4 Å². The van der Waals surface area contributed by atoms with Gasteiger partial charge in [-0.05, 0) is 51.2 Å². The standard InChI is InChI=1S/C12H28N2O/c1-4-8-14(10-7-11(2)3)9-5-6-12(13)15/h11-12,15H,4-10,13H2,1-3H3. The summed E-state index contributed by atoms with van der Waals surface area (Å²) < 4.78 is 0. The van der Waals surface area contributed by atoms with Gasteiger partial charge in [0.05, 0.1) is 0 Å². The summed E-state index contributed by atoms with van der Waals surface area (Å²) in [6.07, 6.45) is 3.52. The fourth-order valence-corrected chi connectivity index (χ4v) is 1.62. The second-order valence-corrected chi connectivity index (χ2v) is 4.73. The lowest BCUT2D eigenvalue weighted by Gasteiger charge is -2.22. The van der Waals surface area contributed by atoms with Crippen LogP contribution in [0, 0.1) is 5.92 Å². The molecule has 0 spiro atoms. The number of aliphatic hydroxyl groups is 1. The summed E-state index contributed by atoms with van der Waals surface area (Å²) in [5.41, 5.74) is 5.31. The molecule has 3 heteroatoms. The van der Waals surface area contributed by atoms with E-state index >= 15 is 0 Å². The zero-order chi connectivity index (χ0) is 11.7. The van der Waals surface area contributed by atoms with Gasteiger partial charge in [-0.1, -0.05) is 20.8 Å². The molecule has 0 amide bonds. The SMILES string of the molecule is CCCN(CCCC(N)O)CCC(C)C. The maximum Gasteiger partial charge on any atom is 0.102 e. The van der Waals surface area contributed by atoms with Crippen molar-refractivity contribution in [2.75, 3.05) is 19.6 Å². The van der Waals surface area contributed by atoms with Crippen LogP contribution in [0.5, 0.6) is 0 Å². The van der Waals surface area contributed by atoms with E-state index in [-0.39, 0.29) is 0 Å². The summed E-state index contributed by atoms with van der Waals surface area (Å²) in [5, 5.41) is 8.97. The van der Waals surface area contributed by atoms with E-state index in [1.54, 1.807) is 0 Å². The Hall–Kier alpha value is -0.120. The zero-order valence-electron chi connectivity index (χ0n) is 10.6. The monoisotopic (exact) mass is 216 g/mol. The molecule has 3 nitrogen and oxygen atoms in total. The molecule has 0 aliphatic rings. The van der Waals surface area contributed by atoms with E-state index < -0.39 is 6.23 Å². The van der Waals surface area contributed by atoms with Crippen molar-refractivity contribution in [1.29, 1.82) is 0 Å². The fraction of sp³-hybridized carbons (Fsp3) is 1.00. The minimum atomic E-state index is -0.640. The Labute approximate surface area is 94.6 Å². The molecule has 0 aromatic carbocycles. The van der Waals surface area contributed by atoms with E-state index in [4.69, 9.17) is 10.8 Å². The highest BCUT2D eigenvalue weighted by atomic mass is 16.3. The van der Waals surface area contributed by atoms with Crippen LogP contribution >= 0.6 is 0 Å². The third kappa shape index (κ3) is 10.2. The molecule has 0 aromatic rings. The Balaban J connectivity index is 3.62. The van der Waals surface area contributed by atoms with E-state index in [2.05, 4.69) is 25.7 Å². The molecule has 0 aromatic heterocycles. The van der Waals surface area contributed by atoms with Gasteiger partial charge in [0.15, 0.2) is 0 Å². The van der Waals surface area contributed by atoms with Gasteiger partial charge in [-0.15, -0.1) is 0 Å². The molecule has 0 radical (unpaired) electrons. The Kier molecular flexibility index (Phi) is 9.06. The van der Waals surface area contributed by atoms with Crippen LogP contribution in [-0.4, -0.2) is 35.9 Å². The first-order valence-corrected chi connectivity index (χ1v) is 6.22. The van der Waals surface area contributed by atoms with Gasteiger partial charge < -0.3 is 15.7 Å². The van der Waals surface area contributed by atoms with E-state index in [0.717, 1.165) is 25.4 Å². The number of hydrogen-bond acceptors (Lipinski definition) is 3. The van der Waals surface area contributed by atoms with Gasteiger partial charge in [0, 0.05) is 0 Å². The van der Waals surface area contributed by atoms with Gasteiger partial charge in [-0.3, -0.25) is 0 Å². The van der Waals surface area contributed by atoms with Gasteiger partial charge >= 0.3 is 0 Å². The van der Waals surface area contributed by atoms with Crippen LogP contribution in [0.2, 0.25) is 0 Å². The summed E-state index contributed by atoms with van der Waals surface area (Å²) in [6.45, 7) is 10.1. The van der Waals surface area contributed by atoms with Crippen molar-refractivity contribution in [3.63, 3.8) is 0 Å². The normalized spacial score (nSPS) is 13.8. The van der Waals surface area contributed by atoms with E-state index in [1.807, 2.05) is 0 Å². The van der Waals surface area contributed by atoms with Crippen LogP contribution in [0.3, 0.4) is 0 Å². The van der Waals surface area contributed by atoms with Crippen molar-refractivity contribution in [3.8, 4) is 0 Å². The number of nitrogens with zero attached hydrogens (tertiary/aromatic N) is 1. The van der Waals surface area contributed by atoms with Gasteiger partial charge in [0.2, 0.25) is 0 Å². The molecule has 1 unspecified atom stereocenters.